The monoisotopic (exact) mass is 469 g/mol. The first kappa shape index (κ1) is 20.6. The van der Waals surface area contributed by atoms with E-state index in [1.54, 1.807) is 0 Å². The number of nitrogens with two attached hydrogens (primary N) is 1. The summed E-state index contributed by atoms with van der Waals surface area (Å²) in [6, 6.07) is 27.9. The number of nitriles is 1. The summed E-state index contributed by atoms with van der Waals surface area (Å²) in [7, 11) is 0. The Bertz CT molecular complexity index is 1260. The molecule has 1 heterocycles. The standard InChI is InChI=1S/C26H20BrN3O/c1-17-24(20-8-5-9-22(14-20)31-16-18-6-3-2-4-7-18)23(15-28)26(29)30-25(17)19-10-12-21(27)13-11-19/h2-14H,16H2,1H3,(H2,29,30). The third-order valence-electron chi connectivity index (χ3n) is 5.07. The summed E-state index contributed by atoms with van der Waals surface area (Å²) in [6.45, 7) is 2.44. The van der Waals surface area contributed by atoms with Crippen LogP contribution in [0.3, 0.4) is 0 Å². The molecular weight excluding hydrogens is 450 g/mol. The molecule has 0 spiro atoms. The fourth-order valence-corrected chi connectivity index (χ4v) is 3.80. The molecule has 3 aromatic carbocycles. The SMILES string of the molecule is Cc1c(-c2ccc(Br)cc2)nc(N)c(C#N)c1-c1cccc(OCc2ccccc2)c1. The molecule has 0 unspecified atom stereocenters. The summed E-state index contributed by atoms with van der Waals surface area (Å²) in [6.07, 6.45) is 0. The third-order valence-corrected chi connectivity index (χ3v) is 5.60. The van der Waals surface area contributed by atoms with E-state index in [2.05, 4.69) is 27.0 Å². The van der Waals surface area contributed by atoms with Gasteiger partial charge in [0.25, 0.3) is 0 Å². The van der Waals surface area contributed by atoms with E-state index in [-0.39, 0.29) is 5.82 Å². The van der Waals surface area contributed by atoms with Gasteiger partial charge in [0.15, 0.2) is 0 Å². The molecule has 1 aromatic heterocycles. The Kier molecular flexibility index (Phi) is 6.01. The van der Waals surface area contributed by atoms with E-state index in [0.29, 0.717) is 12.2 Å². The zero-order valence-corrected chi connectivity index (χ0v) is 18.6. The number of benzene rings is 3. The van der Waals surface area contributed by atoms with Gasteiger partial charge in [0.1, 0.15) is 29.8 Å². The van der Waals surface area contributed by atoms with Crippen molar-refractivity contribution in [2.75, 3.05) is 5.73 Å². The highest BCUT2D eigenvalue weighted by molar-refractivity contribution is 9.10. The van der Waals surface area contributed by atoms with E-state index in [0.717, 1.165) is 43.7 Å². The lowest BCUT2D eigenvalue weighted by molar-refractivity contribution is 0.306. The summed E-state index contributed by atoms with van der Waals surface area (Å²) in [5.74, 6) is 0.946. The molecule has 0 aliphatic rings. The Morgan fingerprint density at radius 3 is 2.42 bits per heavy atom. The van der Waals surface area contributed by atoms with Gasteiger partial charge in [-0.05, 0) is 47.9 Å². The van der Waals surface area contributed by atoms with Crippen molar-refractivity contribution in [1.29, 1.82) is 5.26 Å². The van der Waals surface area contributed by atoms with Crippen molar-refractivity contribution in [3.05, 3.63) is 100 Å². The second kappa shape index (κ2) is 9.03. The van der Waals surface area contributed by atoms with Gasteiger partial charge in [-0.2, -0.15) is 5.26 Å². The maximum atomic E-state index is 9.80. The fraction of sp³-hybridized carbons (Fsp3) is 0.0769. The van der Waals surface area contributed by atoms with Crippen molar-refractivity contribution in [3.63, 3.8) is 0 Å². The first-order chi connectivity index (χ1) is 15.1. The van der Waals surface area contributed by atoms with Crippen LogP contribution in [0.1, 0.15) is 16.7 Å². The van der Waals surface area contributed by atoms with Crippen LogP contribution in [-0.4, -0.2) is 4.98 Å². The number of hydrogen-bond acceptors (Lipinski definition) is 4. The predicted octanol–water partition coefficient (Wildman–Crippen LogP) is 6.52. The highest BCUT2D eigenvalue weighted by atomic mass is 79.9. The Morgan fingerprint density at radius 2 is 1.71 bits per heavy atom. The zero-order valence-electron chi connectivity index (χ0n) is 17.0. The fourth-order valence-electron chi connectivity index (χ4n) is 3.54. The second-order valence-electron chi connectivity index (χ2n) is 7.14. The molecule has 0 amide bonds. The highest BCUT2D eigenvalue weighted by Crippen LogP contribution is 2.37. The minimum absolute atomic E-state index is 0.219. The number of rotatable bonds is 5. The minimum atomic E-state index is 0.219. The van der Waals surface area contributed by atoms with Crippen LogP contribution < -0.4 is 10.5 Å². The molecule has 0 bridgehead atoms. The van der Waals surface area contributed by atoms with Crippen LogP contribution in [0.5, 0.6) is 5.75 Å². The minimum Gasteiger partial charge on any atom is -0.489 e. The molecule has 4 nitrogen and oxygen atoms in total. The van der Waals surface area contributed by atoms with Gasteiger partial charge in [-0.25, -0.2) is 4.98 Å². The van der Waals surface area contributed by atoms with Crippen molar-refractivity contribution in [2.45, 2.75) is 13.5 Å². The van der Waals surface area contributed by atoms with Crippen LogP contribution >= 0.6 is 15.9 Å². The highest BCUT2D eigenvalue weighted by Gasteiger charge is 2.18. The van der Waals surface area contributed by atoms with Crippen molar-refractivity contribution >= 4 is 21.7 Å². The molecule has 2 N–H and O–H groups in total. The molecule has 0 fully saturated rings. The van der Waals surface area contributed by atoms with Gasteiger partial charge in [-0.15, -0.1) is 0 Å². The number of anilines is 1. The topological polar surface area (TPSA) is 71.9 Å². The van der Waals surface area contributed by atoms with E-state index in [4.69, 9.17) is 10.5 Å². The molecule has 152 valence electrons. The Labute approximate surface area is 190 Å². The summed E-state index contributed by atoms with van der Waals surface area (Å²) >= 11 is 3.46. The molecule has 0 aliphatic carbocycles. The van der Waals surface area contributed by atoms with Crippen molar-refractivity contribution in [1.82, 2.24) is 4.98 Å². The van der Waals surface area contributed by atoms with Crippen LogP contribution in [-0.2, 0) is 6.61 Å². The van der Waals surface area contributed by atoms with E-state index < -0.39 is 0 Å². The number of hydrogen-bond donors (Lipinski definition) is 1. The molecule has 0 aliphatic heterocycles. The van der Waals surface area contributed by atoms with Gasteiger partial charge < -0.3 is 10.5 Å². The quantitative estimate of drug-likeness (QED) is 0.361. The predicted molar refractivity (Wildman–Crippen MR) is 127 cm³/mol. The molecule has 4 rings (SSSR count). The molecule has 4 aromatic rings. The van der Waals surface area contributed by atoms with E-state index in [9.17, 15) is 5.26 Å². The molecule has 5 heteroatoms. The lowest BCUT2D eigenvalue weighted by Crippen LogP contribution is -2.03. The summed E-state index contributed by atoms with van der Waals surface area (Å²) < 4.78 is 6.98. The van der Waals surface area contributed by atoms with Crippen molar-refractivity contribution in [3.8, 4) is 34.2 Å². The molecule has 31 heavy (non-hydrogen) atoms. The van der Waals surface area contributed by atoms with Crippen LogP contribution in [0.2, 0.25) is 0 Å². The van der Waals surface area contributed by atoms with Crippen LogP contribution in [0.4, 0.5) is 5.82 Å². The van der Waals surface area contributed by atoms with Gasteiger partial charge >= 0.3 is 0 Å². The van der Waals surface area contributed by atoms with Gasteiger partial charge in [0.05, 0.1) is 5.69 Å². The van der Waals surface area contributed by atoms with Crippen molar-refractivity contribution < 1.29 is 4.74 Å². The third kappa shape index (κ3) is 4.45. The number of pyridine rings is 1. The number of nitrogen functional groups attached to an aromatic ring is 1. The number of halogens is 1. The number of ether oxygens (including phenoxy) is 1. The first-order valence-corrected chi connectivity index (χ1v) is 10.6. The normalized spacial score (nSPS) is 10.5. The Balaban J connectivity index is 1.76. The van der Waals surface area contributed by atoms with Crippen LogP contribution in [0, 0.1) is 18.3 Å². The van der Waals surface area contributed by atoms with E-state index in [1.165, 1.54) is 0 Å². The zero-order chi connectivity index (χ0) is 21.8. The summed E-state index contributed by atoms with van der Waals surface area (Å²) in [5.41, 5.74) is 11.9. The number of nitrogens with zero attached hydrogens (tertiary/aromatic N) is 2. The van der Waals surface area contributed by atoms with Crippen LogP contribution in [0.15, 0.2) is 83.3 Å². The van der Waals surface area contributed by atoms with E-state index >= 15 is 0 Å². The maximum absolute atomic E-state index is 9.80. The second-order valence-corrected chi connectivity index (χ2v) is 8.06. The first-order valence-electron chi connectivity index (χ1n) is 9.80. The Hall–Kier alpha value is -3.62. The maximum Gasteiger partial charge on any atom is 0.142 e. The molecule has 0 saturated heterocycles. The molecule has 0 saturated carbocycles. The summed E-state index contributed by atoms with van der Waals surface area (Å²) in [5, 5.41) is 9.80. The van der Waals surface area contributed by atoms with Gasteiger partial charge in [0, 0.05) is 15.6 Å². The summed E-state index contributed by atoms with van der Waals surface area (Å²) in [4.78, 5) is 4.54. The average molecular weight is 470 g/mol. The molecule has 0 radical (unpaired) electrons. The lowest BCUT2D eigenvalue weighted by atomic mass is 9.92. The molecular formula is C26H20BrN3O. The van der Waals surface area contributed by atoms with Crippen LogP contribution in [0.25, 0.3) is 22.4 Å². The largest absolute Gasteiger partial charge is 0.489 e. The van der Waals surface area contributed by atoms with Gasteiger partial charge in [0.2, 0.25) is 0 Å². The Morgan fingerprint density at radius 1 is 0.968 bits per heavy atom. The number of aromatic nitrogens is 1. The average Bonchev–Trinajstić information content (AvgIpc) is 2.80. The van der Waals surface area contributed by atoms with E-state index in [1.807, 2.05) is 85.8 Å². The smallest absolute Gasteiger partial charge is 0.142 e. The van der Waals surface area contributed by atoms with Gasteiger partial charge in [-0.3, -0.25) is 0 Å². The molecule has 0 atom stereocenters. The van der Waals surface area contributed by atoms with Gasteiger partial charge in [-0.1, -0.05) is 70.5 Å². The van der Waals surface area contributed by atoms with Crippen molar-refractivity contribution in [2.24, 2.45) is 0 Å². The lowest BCUT2D eigenvalue weighted by Gasteiger charge is -2.16.